The van der Waals surface area contributed by atoms with E-state index in [0.717, 1.165) is 35.4 Å². The molecule has 0 N–H and O–H groups in total. The van der Waals surface area contributed by atoms with E-state index in [1.165, 1.54) is 9.91 Å². The highest BCUT2D eigenvalue weighted by Gasteiger charge is 2.36. The monoisotopic (exact) mass is 425 g/mol. The topological polar surface area (TPSA) is 62.2 Å². The number of hydrogen-bond donors (Lipinski definition) is 0. The number of benzene rings is 2. The molecule has 1 heterocycles. The number of carbonyl (C=O) groups excluding carboxylic acids is 2. The third-order valence-electron chi connectivity index (χ3n) is 5.52. The number of ether oxygens (including phenoxy) is 1. The molecule has 1 aliphatic heterocycles. The van der Waals surface area contributed by atoms with E-state index >= 15 is 0 Å². The van der Waals surface area contributed by atoms with Crippen molar-refractivity contribution in [1.29, 1.82) is 0 Å². The number of amides is 2. The largest absolute Gasteiger partial charge is 0.497 e. The Morgan fingerprint density at radius 3 is 2.40 bits per heavy atom. The predicted molar refractivity (Wildman–Crippen MR) is 116 cm³/mol. The van der Waals surface area contributed by atoms with Gasteiger partial charge < -0.3 is 9.64 Å². The van der Waals surface area contributed by atoms with Gasteiger partial charge in [0, 0.05) is 24.4 Å². The highest BCUT2D eigenvalue weighted by Crippen LogP contribution is 2.34. The van der Waals surface area contributed by atoms with Crippen molar-refractivity contribution in [2.45, 2.75) is 25.3 Å². The zero-order chi connectivity index (χ0) is 21.3. The van der Waals surface area contributed by atoms with Crippen molar-refractivity contribution in [2.75, 3.05) is 20.7 Å². The van der Waals surface area contributed by atoms with E-state index in [1.54, 1.807) is 14.2 Å². The Balaban J connectivity index is 1.59. The Morgan fingerprint density at radius 2 is 1.80 bits per heavy atom. The molecule has 0 bridgehead atoms. The second-order valence-corrected chi connectivity index (χ2v) is 8.19. The van der Waals surface area contributed by atoms with Crippen LogP contribution in [0, 0.1) is 5.92 Å². The maximum atomic E-state index is 13.1. The van der Waals surface area contributed by atoms with Gasteiger partial charge in [-0.1, -0.05) is 23.7 Å². The Hall–Kier alpha value is -2.86. The first-order valence-corrected chi connectivity index (χ1v) is 10.4. The van der Waals surface area contributed by atoms with Crippen LogP contribution < -0.4 is 4.74 Å². The molecule has 0 spiro atoms. The summed E-state index contributed by atoms with van der Waals surface area (Å²) in [7, 11) is 3.30. The fraction of sp³-hybridized carbons (Fsp3) is 0.348. The number of methoxy groups -OCH3 is 1. The maximum absolute atomic E-state index is 13.1. The van der Waals surface area contributed by atoms with Crippen LogP contribution in [0.2, 0.25) is 5.02 Å². The summed E-state index contributed by atoms with van der Waals surface area (Å²) in [6.07, 6.45) is 2.41. The van der Waals surface area contributed by atoms with Crippen LogP contribution in [0.15, 0.2) is 53.6 Å². The van der Waals surface area contributed by atoms with E-state index in [-0.39, 0.29) is 30.3 Å². The van der Waals surface area contributed by atoms with Crippen molar-refractivity contribution >= 4 is 29.1 Å². The van der Waals surface area contributed by atoms with E-state index in [0.29, 0.717) is 11.4 Å². The fourth-order valence-electron chi connectivity index (χ4n) is 3.64. The molecular formula is C23H24ClN3O3. The molecule has 156 valence electrons. The molecule has 1 atom stereocenters. The summed E-state index contributed by atoms with van der Waals surface area (Å²) in [6, 6.07) is 14.8. The lowest BCUT2D eigenvalue weighted by atomic mass is 9.98. The lowest BCUT2D eigenvalue weighted by Crippen LogP contribution is -2.39. The first-order chi connectivity index (χ1) is 14.5. The van der Waals surface area contributed by atoms with Gasteiger partial charge in [0.25, 0.3) is 5.91 Å². The molecule has 0 saturated heterocycles. The number of hydrazone groups is 1. The summed E-state index contributed by atoms with van der Waals surface area (Å²) in [5, 5.41) is 6.81. The van der Waals surface area contributed by atoms with Gasteiger partial charge in [-0.05, 0) is 60.4 Å². The molecule has 2 aromatic rings. The molecular weight excluding hydrogens is 402 g/mol. The molecule has 7 heteroatoms. The molecule has 0 radical (unpaired) electrons. The van der Waals surface area contributed by atoms with Gasteiger partial charge in [-0.2, -0.15) is 5.10 Å². The SMILES string of the molecule is COc1ccc(C2=NN(C(=O)CN(C)C(=O)C3CC3)[C@@H](c3ccc(Cl)cc3)C2)cc1. The van der Waals surface area contributed by atoms with Crippen LogP contribution in [0.1, 0.15) is 36.4 Å². The molecule has 4 rings (SSSR count). The quantitative estimate of drug-likeness (QED) is 0.705. The summed E-state index contributed by atoms with van der Waals surface area (Å²) in [6.45, 7) is 0.0127. The van der Waals surface area contributed by atoms with Crippen LogP contribution in [-0.2, 0) is 9.59 Å². The van der Waals surface area contributed by atoms with Crippen LogP contribution in [-0.4, -0.2) is 48.1 Å². The third-order valence-corrected chi connectivity index (χ3v) is 5.77. The molecule has 6 nitrogen and oxygen atoms in total. The molecule has 2 aromatic carbocycles. The van der Waals surface area contributed by atoms with Crippen molar-refractivity contribution in [3.63, 3.8) is 0 Å². The van der Waals surface area contributed by atoms with E-state index < -0.39 is 0 Å². The van der Waals surface area contributed by atoms with Gasteiger partial charge in [-0.25, -0.2) is 5.01 Å². The Labute approximate surface area is 181 Å². The second kappa shape index (κ2) is 8.48. The van der Waals surface area contributed by atoms with Crippen LogP contribution in [0.25, 0.3) is 0 Å². The number of halogens is 1. The van der Waals surface area contributed by atoms with E-state index in [2.05, 4.69) is 5.10 Å². The fourth-order valence-corrected chi connectivity index (χ4v) is 3.76. The minimum absolute atomic E-state index is 0.0127. The zero-order valence-electron chi connectivity index (χ0n) is 17.0. The number of hydrogen-bond acceptors (Lipinski definition) is 4. The molecule has 2 aliphatic rings. The summed E-state index contributed by atoms with van der Waals surface area (Å²) in [4.78, 5) is 26.9. The summed E-state index contributed by atoms with van der Waals surface area (Å²) >= 11 is 6.04. The van der Waals surface area contributed by atoms with Crippen LogP contribution in [0.5, 0.6) is 5.75 Å². The predicted octanol–water partition coefficient (Wildman–Crippen LogP) is 3.89. The first-order valence-electron chi connectivity index (χ1n) is 10.0. The maximum Gasteiger partial charge on any atom is 0.262 e. The van der Waals surface area contributed by atoms with Gasteiger partial charge in [0.05, 0.1) is 18.9 Å². The molecule has 1 saturated carbocycles. The van der Waals surface area contributed by atoms with Crippen molar-refractivity contribution in [2.24, 2.45) is 11.0 Å². The third kappa shape index (κ3) is 4.33. The van der Waals surface area contributed by atoms with Crippen molar-refractivity contribution in [1.82, 2.24) is 9.91 Å². The van der Waals surface area contributed by atoms with E-state index in [9.17, 15) is 9.59 Å². The lowest BCUT2D eigenvalue weighted by molar-refractivity contribution is -0.141. The zero-order valence-corrected chi connectivity index (χ0v) is 17.8. The standard InChI is InChI=1S/C23H24ClN3O3/c1-26(23(29)17-3-4-17)14-22(28)27-21(16-5-9-18(24)10-6-16)13-20(25-27)15-7-11-19(30-2)12-8-15/h5-12,17,21H,3-4,13-14H2,1-2H3/t21-/m1/s1. The Morgan fingerprint density at radius 1 is 1.13 bits per heavy atom. The average Bonchev–Trinajstić information content (AvgIpc) is 3.51. The van der Waals surface area contributed by atoms with Crippen molar-refractivity contribution in [3.8, 4) is 5.75 Å². The Bertz CT molecular complexity index is 968. The van der Waals surface area contributed by atoms with Crippen molar-refractivity contribution < 1.29 is 14.3 Å². The molecule has 30 heavy (non-hydrogen) atoms. The van der Waals surface area contributed by atoms with Crippen molar-refractivity contribution in [3.05, 3.63) is 64.7 Å². The van der Waals surface area contributed by atoms with Crippen LogP contribution >= 0.6 is 11.6 Å². The van der Waals surface area contributed by atoms with Gasteiger partial charge in [0.1, 0.15) is 12.3 Å². The van der Waals surface area contributed by atoms with Crippen LogP contribution in [0.4, 0.5) is 0 Å². The second-order valence-electron chi connectivity index (χ2n) is 7.75. The number of nitrogens with zero attached hydrogens (tertiary/aromatic N) is 3. The van der Waals surface area contributed by atoms with Gasteiger partial charge in [-0.3, -0.25) is 9.59 Å². The lowest BCUT2D eigenvalue weighted by Gasteiger charge is -2.25. The van der Waals surface area contributed by atoms with Crippen LogP contribution in [0.3, 0.4) is 0 Å². The normalized spacial score (nSPS) is 18.2. The summed E-state index contributed by atoms with van der Waals surface area (Å²) in [5.74, 6) is 0.673. The summed E-state index contributed by atoms with van der Waals surface area (Å²) in [5.41, 5.74) is 2.71. The molecule has 0 unspecified atom stereocenters. The smallest absolute Gasteiger partial charge is 0.262 e. The van der Waals surface area contributed by atoms with Gasteiger partial charge in [0.15, 0.2) is 0 Å². The van der Waals surface area contributed by atoms with Gasteiger partial charge >= 0.3 is 0 Å². The minimum Gasteiger partial charge on any atom is -0.497 e. The Kier molecular flexibility index (Phi) is 5.77. The highest BCUT2D eigenvalue weighted by molar-refractivity contribution is 6.30. The number of rotatable bonds is 6. The first kappa shape index (κ1) is 20.4. The van der Waals surface area contributed by atoms with Gasteiger partial charge in [0.2, 0.25) is 5.91 Å². The molecule has 2 amide bonds. The molecule has 1 fully saturated rings. The number of likely N-dealkylation sites (N-methyl/N-ethyl adjacent to an activating group) is 1. The summed E-state index contributed by atoms with van der Waals surface area (Å²) < 4.78 is 5.23. The molecule has 1 aliphatic carbocycles. The molecule has 0 aromatic heterocycles. The van der Waals surface area contributed by atoms with E-state index in [1.807, 2.05) is 48.5 Å². The number of carbonyl (C=O) groups is 2. The van der Waals surface area contributed by atoms with Gasteiger partial charge in [-0.15, -0.1) is 0 Å². The average molecular weight is 426 g/mol. The highest BCUT2D eigenvalue weighted by atomic mass is 35.5. The minimum atomic E-state index is -0.240. The van der Waals surface area contributed by atoms with E-state index in [4.69, 9.17) is 16.3 Å².